The lowest BCUT2D eigenvalue weighted by atomic mass is 10.2. The molecule has 102 valence electrons. The number of thioether (sulfide) groups is 1. The highest BCUT2D eigenvalue weighted by Crippen LogP contribution is 2.12. The number of benzene rings is 1. The molecule has 1 aromatic carbocycles. The third kappa shape index (κ3) is 4.71. The largest absolute Gasteiger partial charge is 0.262 e. The average Bonchev–Trinajstić information content (AvgIpc) is 2.52. The van der Waals surface area contributed by atoms with Crippen LogP contribution in [-0.4, -0.2) is 20.0 Å². The summed E-state index contributed by atoms with van der Waals surface area (Å²) in [6.07, 6.45) is 4.93. The van der Waals surface area contributed by atoms with Crippen molar-refractivity contribution in [1.82, 2.24) is 15.4 Å². The third-order valence-corrected chi connectivity index (χ3v) is 3.74. The second kappa shape index (κ2) is 7.72. The molecule has 0 amide bonds. The molecule has 0 aliphatic carbocycles. The Balaban J connectivity index is 1.83. The van der Waals surface area contributed by atoms with E-state index in [1.165, 1.54) is 5.56 Å². The maximum Gasteiger partial charge on any atom is 0.154 e. The highest BCUT2D eigenvalue weighted by atomic mass is 32.2. The van der Waals surface area contributed by atoms with Crippen LogP contribution in [-0.2, 0) is 5.75 Å². The molecule has 0 unspecified atom stereocenters. The summed E-state index contributed by atoms with van der Waals surface area (Å²) in [7, 11) is 0. The monoisotopic (exact) mass is 302 g/mol. The molecule has 0 aliphatic rings. The molecule has 0 bridgehead atoms. The lowest BCUT2D eigenvalue weighted by Crippen LogP contribution is -2.14. The Labute approximate surface area is 127 Å². The van der Waals surface area contributed by atoms with E-state index >= 15 is 0 Å². The van der Waals surface area contributed by atoms with Gasteiger partial charge in [0.25, 0.3) is 0 Å². The van der Waals surface area contributed by atoms with Crippen molar-refractivity contribution in [1.29, 1.82) is 0 Å². The maximum atomic E-state index is 5.23. The average molecular weight is 302 g/mol. The van der Waals surface area contributed by atoms with Crippen molar-refractivity contribution < 1.29 is 0 Å². The predicted molar refractivity (Wildman–Crippen MR) is 87.7 cm³/mol. The molecule has 4 nitrogen and oxygen atoms in total. The minimum Gasteiger partial charge on any atom is -0.262 e. The van der Waals surface area contributed by atoms with E-state index in [1.807, 2.05) is 25.1 Å². The number of rotatable bonds is 4. The van der Waals surface area contributed by atoms with Crippen LogP contribution in [0.4, 0.5) is 0 Å². The highest BCUT2D eigenvalue weighted by molar-refractivity contribution is 8.22. The zero-order valence-electron chi connectivity index (χ0n) is 11.0. The molecule has 2 rings (SSSR count). The molecule has 0 saturated heterocycles. The molecule has 0 radical (unpaired) electrons. The van der Waals surface area contributed by atoms with E-state index in [1.54, 1.807) is 30.4 Å². The second-order valence-corrected chi connectivity index (χ2v) is 5.61. The molecule has 1 aromatic heterocycles. The molecular weight excluding hydrogens is 288 g/mol. The Kier molecular flexibility index (Phi) is 5.64. The first kappa shape index (κ1) is 14.6. The summed E-state index contributed by atoms with van der Waals surface area (Å²) < 4.78 is 0.636. The van der Waals surface area contributed by atoms with Crippen LogP contribution in [0.15, 0.2) is 54.0 Å². The van der Waals surface area contributed by atoms with Crippen molar-refractivity contribution in [2.45, 2.75) is 12.7 Å². The summed E-state index contributed by atoms with van der Waals surface area (Å²) in [5.41, 5.74) is 5.58. The number of hydrogen-bond acceptors (Lipinski definition) is 5. The van der Waals surface area contributed by atoms with Crippen LogP contribution >= 0.6 is 24.0 Å². The van der Waals surface area contributed by atoms with Gasteiger partial charge in [0.2, 0.25) is 0 Å². The number of thiocarbonyl (C=S) groups is 1. The summed E-state index contributed by atoms with van der Waals surface area (Å²) in [6.45, 7) is 1.86. The van der Waals surface area contributed by atoms with E-state index in [4.69, 9.17) is 12.2 Å². The Morgan fingerprint density at radius 2 is 2.10 bits per heavy atom. The highest BCUT2D eigenvalue weighted by Gasteiger charge is 2.00. The van der Waals surface area contributed by atoms with E-state index in [2.05, 4.69) is 32.6 Å². The first-order valence-corrected chi connectivity index (χ1v) is 7.42. The molecule has 0 saturated carbocycles. The van der Waals surface area contributed by atoms with Crippen LogP contribution in [0.25, 0.3) is 0 Å². The first-order valence-electron chi connectivity index (χ1n) is 6.03. The molecule has 0 aliphatic heterocycles. The number of nitrogens with zero attached hydrogens (tertiary/aromatic N) is 3. The Bertz CT molecular complexity index is 585. The van der Waals surface area contributed by atoms with Gasteiger partial charge in [-0.3, -0.25) is 15.4 Å². The molecule has 1 heterocycles. The normalized spacial score (nSPS) is 11.2. The van der Waals surface area contributed by atoms with Crippen molar-refractivity contribution in [3.63, 3.8) is 0 Å². The van der Waals surface area contributed by atoms with Gasteiger partial charge in [0.1, 0.15) is 5.69 Å². The van der Waals surface area contributed by atoms with Crippen LogP contribution < -0.4 is 5.43 Å². The van der Waals surface area contributed by atoms with Crippen molar-refractivity contribution in [3.8, 4) is 0 Å². The fourth-order valence-electron chi connectivity index (χ4n) is 1.43. The van der Waals surface area contributed by atoms with Crippen LogP contribution in [0.5, 0.6) is 0 Å². The first-order chi connectivity index (χ1) is 9.75. The summed E-state index contributed by atoms with van der Waals surface area (Å²) in [6, 6.07) is 10.2. The summed E-state index contributed by atoms with van der Waals surface area (Å²) in [4.78, 5) is 8.17. The van der Waals surface area contributed by atoms with E-state index in [9.17, 15) is 0 Å². The molecule has 0 spiro atoms. The van der Waals surface area contributed by atoms with E-state index < -0.39 is 0 Å². The van der Waals surface area contributed by atoms with E-state index in [-0.39, 0.29) is 0 Å². The molecule has 6 heteroatoms. The molecular formula is C14H14N4S2. The Hall–Kier alpha value is -1.79. The summed E-state index contributed by atoms with van der Waals surface area (Å²) in [5, 5.41) is 4.21. The van der Waals surface area contributed by atoms with Gasteiger partial charge < -0.3 is 0 Å². The zero-order valence-corrected chi connectivity index (χ0v) is 12.6. The fraction of sp³-hybridized carbons (Fsp3) is 0.143. The third-order valence-electron chi connectivity index (χ3n) is 2.46. The summed E-state index contributed by atoms with van der Waals surface area (Å²) in [5.74, 6) is 0.826. The minimum absolute atomic E-state index is 0.636. The number of aromatic nitrogens is 2. The summed E-state index contributed by atoms with van der Waals surface area (Å²) >= 11 is 6.77. The van der Waals surface area contributed by atoms with Gasteiger partial charge >= 0.3 is 0 Å². The number of nitrogens with one attached hydrogen (secondary N) is 1. The van der Waals surface area contributed by atoms with Gasteiger partial charge in [-0.25, -0.2) is 0 Å². The Morgan fingerprint density at radius 1 is 1.30 bits per heavy atom. The standard InChI is InChI=1S/C14H14N4S2/c1-11(13-9-15-7-8-16-13)17-18-14(19)20-10-12-5-3-2-4-6-12/h2-9H,10H2,1H3,(H,18,19)/b17-11+. The van der Waals surface area contributed by atoms with Crippen LogP contribution in [0.2, 0.25) is 0 Å². The van der Waals surface area contributed by atoms with Crippen LogP contribution in [0.3, 0.4) is 0 Å². The number of hydrazone groups is 1. The smallest absolute Gasteiger partial charge is 0.154 e. The topological polar surface area (TPSA) is 50.2 Å². The van der Waals surface area contributed by atoms with Gasteiger partial charge in [-0.15, -0.1) is 0 Å². The number of hydrogen-bond donors (Lipinski definition) is 1. The van der Waals surface area contributed by atoms with Crippen molar-refractivity contribution in [2.75, 3.05) is 0 Å². The molecule has 0 fully saturated rings. The SMILES string of the molecule is C/C(=N\NC(=S)SCc1ccccc1)c1cnccn1. The molecule has 1 N–H and O–H groups in total. The van der Waals surface area contributed by atoms with Gasteiger partial charge in [-0.1, -0.05) is 54.3 Å². The van der Waals surface area contributed by atoms with Gasteiger partial charge in [0.05, 0.1) is 11.9 Å². The lowest BCUT2D eigenvalue weighted by Gasteiger charge is -2.04. The van der Waals surface area contributed by atoms with Gasteiger partial charge in [0, 0.05) is 18.1 Å². The van der Waals surface area contributed by atoms with Crippen molar-refractivity contribution in [2.24, 2.45) is 5.10 Å². The van der Waals surface area contributed by atoms with Gasteiger partial charge in [-0.2, -0.15) is 5.10 Å². The fourth-order valence-corrected chi connectivity index (χ4v) is 2.25. The van der Waals surface area contributed by atoms with Crippen LogP contribution in [0, 0.1) is 0 Å². The Morgan fingerprint density at radius 3 is 2.80 bits per heavy atom. The predicted octanol–water partition coefficient (Wildman–Crippen LogP) is 3.01. The zero-order chi connectivity index (χ0) is 14.2. The van der Waals surface area contributed by atoms with Crippen molar-refractivity contribution in [3.05, 3.63) is 60.2 Å². The van der Waals surface area contributed by atoms with E-state index in [0.717, 1.165) is 17.2 Å². The van der Waals surface area contributed by atoms with Crippen molar-refractivity contribution >= 4 is 34.0 Å². The van der Waals surface area contributed by atoms with E-state index in [0.29, 0.717) is 4.32 Å². The molecule has 2 aromatic rings. The van der Waals surface area contributed by atoms with Gasteiger partial charge in [0.15, 0.2) is 4.32 Å². The molecule has 20 heavy (non-hydrogen) atoms. The lowest BCUT2D eigenvalue weighted by molar-refractivity contribution is 1.05. The van der Waals surface area contributed by atoms with Crippen LogP contribution in [0.1, 0.15) is 18.2 Å². The quantitative estimate of drug-likeness (QED) is 0.534. The molecule has 0 atom stereocenters. The second-order valence-electron chi connectivity index (χ2n) is 3.96. The maximum absolute atomic E-state index is 5.23. The minimum atomic E-state index is 0.636. The van der Waals surface area contributed by atoms with Gasteiger partial charge in [-0.05, 0) is 12.5 Å².